The molecule has 0 bridgehead atoms. The predicted molar refractivity (Wildman–Crippen MR) is 205 cm³/mol. The van der Waals surface area contributed by atoms with E-state index in [0.717, 1.165) is 70.6 Å². The van der Waals surface area contributed by atoms with Crippen molar-refractivity contribution < 1.29 is 23.8 Å². The lowest BCUT2D eigenvalue weighted by Gasteiger charge is -2.18. The maximum atomic E-state index is 12.6. The number of rotatable bonds is 36. The van der Waals surface area contributed by atoms with Crippen LogP contribution in [0.25, 0.3) is 0 Å². The monoisotopic (exact) mass is 673 g/mol. The van der Waals surface area contributed by atoms with E-state index in [1.165, 1.54) is 83.5 Å². The van der Waals surface area contributed by atoms with E-state index >= 15 is 0 Å². The minimum absolute atomic E-state index is 0.0657. The van der Waals surface area contributed by atoms with Crippen molar-refractivity contribution in [3.63, 3.8) is 0 Å². The summed E-state index contributed by atoms with van der Waals surface area (Å²) in [6, 6.07) is 0. The summed E-state index contributed by atoms with van der Waals surface area (Å²) in [7, 11) is 0. The summed E-state index contributed by atoms with van der Waals surface area (Å²) in [5, 5.41) is 0. The molecule has 0 heterocycles. The van der Waals surface area contributed by atoms with Gasteiger partial charge in [-0.25, -0.2) is 0 Å². The molecule has 0 spiro atoms. The summed E-state index contributed by atoms with van der Waals surface area (Å²) in [6.45, 7) is 7.62. The van der Waals surface area contributed by atoms with Crippen LogP contribution in [0.5, 0.6) is 0 Å². The Morgan fingerprint density at radius 2 is 0.938 bits per heavy atom. The fraction of sp³-hybridized carbons (Fsp3) is 0.767. The van der Waals surface area contributed by atoms with Gasteiger partial charge in [-0.15, -0.1) is 0 Å². The molecule has 0 N–H and O–H groups in total. The second-order valence-electron chi connectivity index (χ2n) is 13.2. The zero-order valence-electron chi connectivity index (χ0n) is 31.7. The number of unbranched alkanes of at least 4 members (excludes halogenated alkanes) is 17. The molecule has 48 heavy (non-hydrogen) atoms. The fourth-order valence-corrected chi connectivity index (χ4v) is 5.38. The van der Waals surface area contributed by atoms with Gasteiger partial charge in [-0.05, 0) is 57.8 Å². The van der Waals surface area contributed by atoms with Gasteiger partial charge in [0.05, 0.1) is 6.61 Å². The predicted octanol–water partition coefficient (Wildman–Crippen LogP) is 12.9. The van der Waals surface area contributed by atoms with Gasteiger partial charge < -0.3 is 14.2 Å². The lowest BCUT2D eigenvalue weighted by molar-refractivity contribution is -0.163. The van der Waals surface area contributed by atoms with E-state index in [2.05, 4.69) is 69.4 Å². The molecule has 0 aromatic rings. The van der Waals surface area contributed by atoms with Crippen molar-refractivity contribution in [2.24, 2.45) is 0 Å². The van der Waals surface area contributed by atoms with Crippen molar-refractivity contribution in [2.75, 3.05) is 19.8 Å². The molecule has 5 heteroatoms. The van der Waals surface area contributed by atoms with Crippen molar-refractivity contribution in [3.8, 4) is 0 Å². The Bertz CT molecular complexity index is 812. The molecule has 1 atom stereocenters. The van der Waals surface area contributed by atoms with Crippen LogP contribution >= 0.6 is 0 Å². The summed E-state index contributed by atoms with van der Waals surface area (Å²) >= 11 is 0. The number of esters is 2. The standard InChI is InChI=1S/C43H76O5/c1-4-7-10-13-16-18-20-21-22-23-25-26-28-30-33-36-42(44)47-40-41(39-46-38-35-32-15-12-9-6-3)48-43(45)37-34-31-29-27-24-19-17-14-11-8-5-2/h7,10,16,18,21-22,25-26,41H,4-6,8-9,11-15,17,19-20,23-24,27-40H2,1-3H3/b10-7-,18-16-,22-21-,26-25-. The van der Waals surface area contributed by atoms with Crippen molar-refractivity contribution in [2.45, 2.75) is 194 Å². The lowest BCUT2D eigenvalue weighted by atomic mass is 10.1. The first-order valence-electron chi connectivity index (χ1n) is 20.2. The smallest absolute Gasteiger partial charge is 0.306 e. The molecule has 0 aliphatic rings. The molecular weight excluding hydrogens is 596 g/mol. The third-order valence-corrected chi connectivity index (χ3v) is 8.38. The van der Waals surface area contributed by atoms with Gasteiger partial charge in [0.25, 0.3) is 0 Å². The molecule has 0 rings (SSSR count). The van der Waals surface area contributed by atoms with E-state index in [1.54, 1.807) is 0 Å². The van der Waals surface area contributed by atoms with E-state index in [4.69, 9.17) is 14.2 Å². The maximum Gasteiger partial charge on any atom is 0.306 e. The molecule has 0 aromatic carbocycles. The summed E-state index contributed by atoms with van der Waals surface area (Å²) in [6.07, 6.45) is 45.4. The first kappa shape index (κ1) is 45.9. The number of hydrogen-bond acceptors (Lipinski definition) is 5. The van der Waals surface area contributed by atoms with Crippen LogP contribution in [-0.4, -0.2) is 37.9 Å². The normalized spacial score (nSPS) is 12.6. The van der Waals surface area contributed by atoms with Gasteiger partial charge in [0.1, 0.15) is 6.61 Å². The number of ether oxygens (including phenoxy) is 3. The summed E-state index contributed by atoms with van der Waals surface area (Å²) in [4.78, 5) is 25.0. The number of carbonyl (C=O) groups excluding carboxylic acids is 2. The van der Waals surface area contributed by atoms with Crippen LogP contribution in [-0.2, 0) is 23.8 Å². The van der Waals surface area contributed by atoms with E-state index < -0.39 is 6.10 Å². The third kappa shape index (κ3) is 36.7. The molecule has 0 saturated carbocycles. The average Bonchev–Trinajstić information content (AvgIpc) is 3.08. The van der Waals surface area contributed by atoms with Gasteiger partial charge in [-0.2, -0.15) is 0 Å². The fourth-order valence-electron chi connectivity index (χ4n) is 5.38. The van der Waals surface area contributed by atoms with E-state index in [0.29, 0.717) is 19.4 Å². The number of carbonyl (C=O) groups is 2. The van der Waals surface area contributed by atoms with Gasteiger partial charge in [0.2, 0.25) is 0 Å². The Morgan fingerprint density at radius 3 is 1.50 bits per heavy atom. The summed E-state index contributed by atoms with van der Waals surface area (Å²) in [5.74, 6) is -0.449. The van der Waals surface area contributed by atoms with Crippen molar-refractivity contribution >= 4 is 11.9 Å². The zero-order chi connectivity index (χ0) is 35.0. The highest BCUT2D eigenvalue weighted by Crippen LogP contribution is 2.13. The highest BCUT2D eigenvalue weighted by Gasteiger charge is 2.17. The largest absolute Gasteiger partial charge is 0.462 e. The molecular formula is C43H76O5. The molecule has 278 valence electrons. The van der Waals surface area contributed by atoms with Gasteiger partial charge in [0, 0.05) is 19.4 Å². The average molecular weight is 673 g/mol. The first-order valence-corrected chi connectivity index (χ1v) is 20.2. The molecule has 0 aliphatic carbocycles. The van der Waals surface area contributed by atoms with Crippen LogP contribution in [0.1, 0.15) is 188 Å². The zero-order valence-corrected chi connectivity index (χ0v) is 31.7. The Labute approximate surface area is 297 Å². The number of allylic oxidation sites excluding steroid dienone is 8. The molecule has 0 radical (unpaired) electrons. The van der Waals surface area contributed by atoms with Crippen LogP contribution in [0.2, 0.25) is 0 Å². The first-order chi connectivity index (χ1) is 23.6. The second kappa shape index (κ2) is 39.3. The SMILES string of the molecule is CC/C=C\C/C=C\C/C=C\C/C=C\CCCCC(=O)OCC(COCCCCCCCC)OC(=O)CCCCCCCCCCCCC. The van der Waals surface area contributed by atoms with Crippen LogP contribution < -0.4 is 0 Å². The van der Waals surface area contributed by atoms with Crippen molar-refractivity contribution in [1.29, 1.82) is 0 Å². The minimum Gasteiger partial charge on any atom is -0.462 e. The summed E-state index contributed by atoms with van der Waals surface area (Å²) < 4.78 is 17.1. The van der Waals surface area contributed by atoms with Crippen LogP contribution in [0.4, 0.5) is 0 Å². The lowest BCUT2D eigenvalue weighted by Crippen LogP contribution is -2.30. The third-order valence-electron chi connectivity index (χ3n) is 8.38. The Hall–Kier alpha value is -2.14. The summed E-state index contributed by atoms with van der Waals surface area (Å²) in [5.41, 5.74) is 0. The van der Waals surface area contributed by atoms with Crippen LogP contribution in [0, 0.1) is 0 Å². The second-order valence-corrected chi connectivity index (χ2v) is 13.2. The van der Waals surface area contributed by atoms with Crippen molar-refractivity contribution in [1.82, 2.24) is 0 Å². The highest BCUT2D eigenvalue weighted by molar-refractivity contribution is 5.70. The molecule has 0 amide bonds. The molecule has 0 aromatic heterocycles. The van der Waals surface area contributed by atoms with Gasteiger partial charge in [0.15, 0.2) is 6.10 Å². The molecule has 0 aliphatic heterocycles. The van der Waals surface area contributed by atoms with Crippen LogP contribution in [0.3, 0.4) is 0 Å². The van der Waals surface area contributed by atoms with Gasteiger partial charge >= 0.3 is 11.9 Å². The quantitative estimate of drug-likeness (QED) is 0.0376. The topological polar surface area (TPSA) is 61.8 Å². The van der Waals surface area contributed by atoms with E-state index in [9.17, 15) is 9.59 Å². The van der Waals surface area contributed by atoms with Gasteiger partial charge in [-0.3, -0.25) is 9.59 Å². The Kier molecular flexibility index (Phi) is 37.5. The molecule has 5 nitrogen and oxygen atoms in total. The molecule has 0 fully saturated rings. The van der Waals surface area contributed by atoms with Crippen LogP contribution in [0.15, 0.2) is 48.6 Å². The highest BCUT2D eigenvalue weighted by atomic mass is 16.6. The Balaban J connectivity index is 4.22. The van der Waals surface area contributed by atoms with Gasteiger partial charge in [-0.1, -0.05) is 166 Å². The maximum absolute atomic E-state index is 12.6. The van der Waals surface area contributed by atoms with E-state index in [1.807, 2.05) is 0 Å². The Morgan fingerprint density at radius 1 is 0.479 bits per heavy atom. The molecule has 0 saturated heterocycles. The minimum atomic E-state index is -0.543. The van der Waals surface area contributed by atoms with Crippen molar-refractivity contribution in [3.05, 3.63) is 48.6 Å². The van der Waals surface area contributed by atoms with E-state index in [-0.39, 0.29) is 25.2 Å². The number of hydrogen-bond donors (Lipinski definition) is 0. The molecule has 1 unspecified atom stereocenters.